The first-order valence-electron chi connectivity index (χ1n) is 15.2. The Morgan fingerprint density at radius 2 is 1.55 bits per heavy atom. The number of anilines is 2. The van der Waals surface area contributed by atoms with Gasteiger partial charge in [0.25, 0.3) is 5.91 Å². The highest BCUT2D eigenvalue weighted by molar-refractivity contribution is 6.05. The number of likely N-dealkylation sites (tertiary alicyclic amines) is 1. The van der Waals surface area contributed by atoms with Crippen LogP contribution >= 0.6 is 0 Å². The van der Waals surface area contributed by atoms with Gasteiger partial charge < -0.3 is 20.7 Å². The van der Waals surface area contributed by atoms with E-state index in [0.29, 0.717) is 43.5 Å². The number of nitrogens with two attached hydrogens (primary N) is 1. The molecule has 0 atom stereocenters. The summed E-state index contributed by atoms with van der Waals surface area (Å²) in [5, 5.41) is 3.20. The van der Waals surface area contributed by atoms with Crippen LogP contribution in [0.1, 0.15) is 53.7 Å². The average Bonchev–Trinajstić information content (AvgIpc) is 3.04. The number of primary amides is 1. The van der Waals surface area contributed by atoms with Crippen molar-refractivity contribution in [2.45, 2.75) is 32.2 Å². The SMILES string of the molecule is CCCN(C(N)=O)c1ccc(N2CCOCC2)cc1C(=O)NCC1CCN(C(c2ccccc2)c2ccccc2)CC1. The maximum absolute atomic E-state index is 13.7. The van der Waals surface area contributed by atoms with Crippen LogP contribution in [0, 0.1) is 5.92 Å². The molecule has 3 aromatic rings. The molecule has 8 nitrogen and oxygen atoms in total. The highest BCUT2D eigenvalue weighted by Gasteiger charge is 2.28. The summed E-state index contributed by atoms with van der Waals surface area (Å²) in [6, 6.07) is 26.8. The van der Waals surface area contributed by atoms with E-state index in [1.165, 1.54) is 16.0 Å². The molecule has 42 heavy (non-hydrogen) atoms. The smallest absolute Gasteiger partial charge is 0.319 e. The van der Waals surface area contributed by atoms with Crippen molar-refractivity contribution in [1.29, 1.82) is 0 Å². The number of hydrogen-bond acceptors (Lipinski definition) is 5. The van der Waals surface area contributed by atoms with Crippen LogP contribution < -0.4 is 20.9 Å². The number of benzene rings is 3. The van der Waals surface area contributed by atoms with Crippen LogP contribution in [0.3, 0.4) is 0 Å². The standard InChI is InChI=1S/C34H43N5O3/c1-2-17-39(34(35)41)31-14-13-29(37-20-22-42-23-21-37)24-30(31)33(40)36-25-26-15-18-38(19-16-26)32(27-9-5-3-6-10-27)28-11-7-4-8-12-28/h3-14,24,26,32H,2,15-23,25H2,1H3,(H2,35,41)(H,36,40). The van der Waals surface area contributed by atoms with Crippen LogP contribution in [0.15, 0.2) is 78.9 Å². The fourth-order valence-electron chi connectivity index (χ4n) is 6.16. The van der Waals surface area contributed by atoms with Crippen molar-refractivity contribution >= 4 is 23.3 Å². The van der Waals surface area contributed by atoms with Gasteiger partial charge in [-0.05, 0) is 67.6 Å². The molecule has 3 N–H and O–H groups in total. The van der Waals surface area contributed by atoms with E-state index in [4.69, 9.17) is 10.5 Å². The summed E-state index contributed by atoms with van der Waals surface area (Å²) in [7, 11) is 0. The van der Waals surface area contributed by atoms with Crippen molar-refractivity contribution in [1.82, 2.24) is 10.2 Å². The molecule has 0 aliphatic carbocycles. The van der Waals surface area contributed by atoms with Gasteiger partial charge in [-0.2, -0.15) is 0 Å². The molecular weight excluding hydrogens is 526 g/mol. The van der Waals surface area contributed by atoms with Crippen molar-refractivity contribution in [3.63, 3.8) is 0 Å². The lowest BCUT2D eigenvalue weighted by Crippen LogP contribution is -2.41. The van der Waals surface area contributed by atoms with Crippen LogP contribution in [0.2, 0.25) is 0 Å². The summed E-state index contributed by atoms with van der Waals surface area (Å²) in [6.07, 6.45) is 2.74. The first-order chi connectivity index (χ1) is 20.5. The van der Waals surface area contributed by atoms with E-state index >= 15 is 0 Å². The molecule has 8 heteroatoms. The summed E-state index contributed by atoms with van der Waals surface area (Å²) in [4.78, 5) is 32.3. The zero-order valence-electron chi connectivity index (χ0n) is 24.6. The van der Waals surface area contributed by atoms with Gasteiger partial charge in [-0.1, -0.05) is 67.6 Å². The molecule has 0 spiro atoms. The second-order valence-electron chi connectivity index (χ2n) is 11.2. The Labute approximate surface area is 249 Å². The number of hydrogen-bond donors (Lipinski definition) is 2. The third-order valence-electron chi connectivity index (χ3n) is 8.40. The van der Waals surface area contributed by atoms with E-state index in [1.54, 1.807) is 0 Å². The zero-order chi connectivity index (χ0) is 29.3. The first-order valence-corrected chi connectivity index (χ1v) is 15.2. The van der Waals surface area contributed by atoms with Crippen LogP contribution in [0.4, 0.5) is 16.2 Å². The number of carbonyl (C=O) groups excluding carboxylic acids is 2. The van der Waals surface area contributed by atoms with Gasteiger partial charge in [0.1, 0.15) is 0 Å². The Balaban J connectivity index is 1.27. The van der Waals surface area contributed by atoms with Crippen molar-refractivity contribution < 1.29 is 14.3 Å². The second kappa shape index (κ2) is 14.3. The number of piperidine rings is 1. The summed E-state index contributed by atoms with van der Waals surface area (Å²) < 4.78 is 5.51. The fraction of sp³-hybridized carbons (Fsp3) is 0.412. The molecular formula is C34H43N5O3. The molecule has 5 rings (SSSR count). The van der Waals surface area contributed by atoms with Crippen LogP contribution in [0.5, 0.6) is 0 Å². The Kier molecular flexibility index (Phi) is 10.1. The molecule has 2 heterocycles. The number of amides is 3. The lowest BCUT2D eigenvalue weighted by atomic mass is 9.91. The molecule has 0 bridgehead atoms. The van der Waals surface area contributed by atoms with Crippen LogP contribution in [-0.2, 0) is 4.74 Å². The van der Waals surface area contributed by atoms with Crippen molar-refractivity contribution in [2.24, 2.45) is 11.7 Å². The fourth-order valence-corrected chi connectivity index (χ4v) is 6.16. The Morgan fingerprint density at radius 1 is 0.929 bits per heavy atom. The van der Waals surface area contributed by atoms with Crippen molar-refractivity contribution in [2.75, 3.05) is 62.3 Å². The van der Waals surface area contributed by atoms with Crippen molar-refractivity contribution in [3.05, 3.63) is 95.6 Å². The topological polar surface area (TPSA) is 91.1 Å². The first kappa shape index (κ1) is 29.6. The van der Waals surface area contributed by atoms with E-state index < -0.39 is 6.03 Å². The monoisotopic (exact) mass is 569 g/mol. The maximum Gasteiger partial charge on any atom is 0.319 e. The molecule has 0 unspecified atom stereocenters. The molecule has 2 aliphatic rings. The van der Waals surface area contributed by atoms with Gasteiger partial charge in [0.15, 0.2) is 0 Å². The van der Waals surface area contributed by atoms with E-state index in [2.05, 4.69) is 75.8 Å². The lowest BCUT2D eigenvalue weighted by molar-refractivity contribution is 0.0931. The highest BCUT2D eigenvalue weighted by atomic mass is 16.5. The van der Waals surface area contributed by atoms with Gasteiger partial charge in [-0.25, -0.2) is 4.79 Å². The number of nitrogens with zero attached hydrogens (tertiary/aromatic N) is 3. The maximum atomic E-state index is 13.7. The van der Waals surface area contributed by atoms with E-state index in [0.717, 1.165) is 51.1 Å². The summed E-state index contributed by atoms with van der Waals surface area (Å²) >= 11 is 0. The Bertz CT molecular complexity index is 1270. The summed E-state index contributed by atoms with van der Waals surface area (Å²) in [5.41, 5.74) is 10.3. The molecule has 2 aliphatic heterocycles. The molecule has 0 aromatic heterocycles. The average molecular weight is 570 g/mol. The molecule has 3 amide bonds. The molecule has 2 saturated heterocycles. The number of carbonyl (C=O) groups is 2. The lowest BCUT2D eigenvalue weighted by Gasteiger charge is -2.38. The molecule has 0 saturated carbocycles. The number of morpholine rings is 1. The largest absolute Gasteiger partial charge is 0.378 e. The minimum absolute atomic E-state index is 0.170. The number of rotatable bonds is 10. The molecule has 2 fully saturated rings. The van der Waals surface area contributed by atoms with Gasteiger partial charge in [0, 0.05) is 31.9 Å². The zero-order valence-corrected chi connectivity index (χ0v) is 24.6. The minimum Gasteiger partial charge on any atom is -0.378 e. The summed E-state index contributed by atoms with van der Waals surface area (Å²) in [5.74, 6) is 0.211. The second-order valence-corrected chi connectivity index (χ2v) is 11.2. The highest BCUT2D eigenvalue weighted by Crippen LogP contribution is 2.33. The normalized spacial score (nSPS) is 16.4. The Morgan fingerprint density at radius 3 is 2.12 bits per heavy atom. The van der Waals surface area contributed by atoms with Gasteiger partial charge in [0.2, 0.25) is 0 Å². The quantitative estimate of drug-likeness (QED) is 0.357. The third kappa shape index (κ3) is 7.12. The Hall–Kier alpha value is -3.88. The van der Waals surface area contributed by atoms with E-state index in [1.807, 2.05) is 25.1 Å². The van der Waals surface area contributed by atoms with Crippen molar-refractivity contribution in [3.8, 4) is 0 Å². The van der Waals surface area contributed by atoms with Gasteiger partial charge in [0.05, 0.1) is 30.5 Å². The molecule has 222 valence electrons. The van der Waals surface area contributed by atoms with Gasteiger partial charge in [-0.3, -0.25) is 14.6 Å². The molecule has 3 aromatic carbocycles. The predicted molar refractivity (Wildman–Crippen MR) is 168 cm³/mol. The minimum atomic E-state index is -0.552. The van der Waals surface area contributed by atoms with Gasteiger partial charge in [-0.15, -0.1) is 0 Å². The van der Waals surface area contributed by atoms with Gasteiger partial charge >= 0.3 is 6.03 Å². The predicted octanol–water partition coefficient (Wildman–Crippen LogP) is 5.05. The third-order valence-corrected chi connectivity index (χ3v) is 8.40. The van der Waals surface area contributed by atoms with Crippen LogP contribution in [-0.4, -0.2) is 69.3 Å². The number of ether oxygens (including phenoxy) is 1. The number of nitrogens with one attached hydrogen (secondary N) is 1. The summed E-state index contributed by atoms with van der Waals surface area (Å²) in [6.45, 7) is 7.79. The molecule has 0 radical (unpaired) electrons. The van der Waals surface area contributed by atoms with E-state index in [9.17, 15) is 9.59 Å². The van der Waals surface area contributed by atoms with E-state index in [-0.39, 0.29) is 11.9 Å². The van der Waals surface area contributed by atoms with Crippen LogP contribution in [0.25, 0.3) is 0 Å². The number of urea groups is 1.